The summed E-state index contributed by atoms with van der Waals surface area (Å²) in [5, 5.41) is 11.8. The molecule has 2 amide bonds. The third-order valence-electron chi connectivity index (χ3n) is 3.12. The first kappa shape index (κ1) is 18.4. The van der Waals surface area contributed by atoms with Gasteiger partial charge in [0.2, 0.25) is 5.91 Å². The van der Waals surface area contributed by atoms with Crippen molar-refractivity contribution in [1.29, 1.82) is 0 Å². The Morgan fingerprint density at radius 3 is 2.44 bits per heavy atom. The van der Waals surface area contributed by atoms with Gasteiger partial charge in [-0.1, -0.05) is 0 Å². The van der Waals surface area contributed by atoms with E-state index in [1.165, 1.54) is 25.0 Å². The van der Waals surface area contributed by atoms with Crippen molar-refractivity contribution >= 4 is 17.5 Å². The lowest BCUT2D eigenvalue weighted by atomic mass is 10.3. The summed E-state index contributed by atoms with van der Waals surface area (Å²) in [4.78, 5) is 23.7. The van der Waals surface area contributed by atoms with E-state index >= 15 is 0 Å². The van der Waals surface area contributed by atoms with Crippen molar-refractivity contribution in [2.24, 2.45) is 7.05 Å². The number of hydrogen-bond acceptors (Lipinski definition) is 4. The third-order valence-corrected chi connectivity index (χ3v) is 3.12. The number of aryl methyl sites for hydroxylation is 1. The molecule has 2 heterocycles. The van der Waals surface area contributed by atoms with Crippen LogP contribution in [0.1, 0.15) is 34.7 Å². The van der Waals surface area contributed by atoms with E-state index in [0.29, 0.717) is 10.7 Å². The minimum absolute atomic E-state index is 0.0479. The maximum absolute atomic E-state index is 12.9. The van der Waals surface area contributed by atoms with Gasteiger partial charge in [0.05, 0.1) is 5.69 Å². The molecule has 12 heteroatoms. The highest BCUT2D eigenvalue weighted by atomic mass is 19.3. The first-order valence-electron chi connectivity index (χ1n) is 6.92. The Balaban J connectivity index is 2.20. The molecular weight excluding hydrogens is 348 g/mol. The summed E-state index contributed by atoms with van der Waals surface area (Å²) < 4.78 is 52.8. The maximum Gasteiger partial charge on any atom is 0.282 e. The van der Waals surface area contributed by atoms with E-state index in [1.807, 2.05) is 0 Å². The Morgan fingerprint density at radius 1 is 1.20 bits per heavy atom. The summed E-state index contributed by atoms with van der Waals surface area (Å²) in [6, 6.07) is 0.544. The van der Waals surface area contributed by atoms with Crippen molar-refractivity contribution in [1.82, 2.24) is 24.9 Å². The largest absolute Gasteiger partial charge is 0.354 e. The van der Waals surface area contributed by atoms with Crippen molar-refractivity contribution in [3.05, 3.63) is 29.3 Å². The standard InChI is InChI=1S/C13H14F4N6O2/c1-18-13(25)10-7(4-22(2)21-10)19-9(24)5-23-8(12(16)17)3-6(20-23)11(14)15/h3-4,11-12H,5H2,1-2H3,(H,18,25)(H,19,24). The van der Waals surface area contributed by atoms with Gasteiger partial charge in [-0.05, 0) is 6.07 Å². The number of alkyl halides is 4. The van der Waals surface area contributed by atoms with Gasteiger partial charge in [0, 0.05) is 20.3 Å². The molecule has 2 rings (SSSR count). The zero-order chi connectivity index (χ0) is 18.7. The summed E-state index contributed by atoms with van der Waals surface area (Å²) in [5.41, 5.74) is -1.69. The average Bonchev–Trinajstić information content (AvgIpc) is 3.10. The zero-order valence-corrected chi connectivity index (χ0v) is 13.1. The molecule has 0 radical (unpaired) electrons. The first-order chi connectivity index (χ1) is 11.7. The summed E-state index contributed by atoms with van der Waals surface area (Å²) in [5.74, 6) is -1.40. The lowest BCUT2D eigenvalue weighted by Crippen LogP contribution is -2.24. The highest BCUT2D eigenvalue weighted by molar-refractivity contribution is 6.02. The molecule has 0 saturated carbocycles. The number of amides is 2. The number of rotatable bonds is 6. The van der Waals surface area contributed by atoms with Crippen LogP contribution in [0.4, 0.5) is 23.2 Å². The fourth-order valence-corrected chi connectivity index (χ4v) is 2.05. The highest BCUT2D eigenvalue weighted by Gasteiger charge is 2.23. The molecular formula is C13H14F4N6O2. The number of halogens is 4. The molecule has 0 spiro atoms. The molecule has 0 aliphatic rings. The van der Waals surface area contributed by atoms with Crippen LogP contribution in [0, 0.1) is 0 Å². The predicted molar refractivity (Wildman–Crippen MR) is 77.4 cm³/mol. The molecule has 0 aliphatic carbocycles. The number of anilines is 1. The molecule has 25 heavy (non-hydrogen) atoms. The number of carbonyl (C=O) groups is 2. The molecule has 0 atom stereocenters. The summed E-state index contributed by atoms with van der Waals surface area (Å²) in [7, 11) is 2.88. The van der Waals surface area contributed by atoms with Crippen LogP contribution in [-0.4, -0.2) is 38.4 Å². The van der Waals surface area contributed by atoms with Crippen LogP contribution in [0.2, 0.25) is 0 Å². The average molecular weight is 362 g/mol. The third kappa shape index (κ3) is 4.14. The topological polar surface area (TPSA) is 93.8 Å². The highest BCUT2D eigenvalue weighted by Crippen LogP contribution is 2.25. The molecule has 0 aliphatic heterocycles. The number of hydrogen-bond donors (Lipinski definition) is 2. The molecule has 0 unspecified atom stereocenters. The van der Waals surface area contributed by atoms with Gasteiger partial charge in [0.1, 0.15) is 17.9 Å². The molecule has 0 fully saturated rings. The number of carbonyl (C=O) groups excluding carboxylic acids is 2. The molecule has 2 aromatic rings. The first-order valence-corrected chi connectivity index (χ1v) is 6.92. The number of nitrogens with zero attached hydrogens (tertiary/aromatic N) is 4. The molecule has 136 valence electrons. The van der Waals surface area contributed by atoms with Crippen LogP contribution >= 0.6 is 0 Å². The molecule has 8 nitrogen and oxygen atoms in total. The Bertz CT molecular complexity index is 786. The Kier molecular flexibility index (Phi) is 5.39. The van der Waals surface area contributed by atoms with Crippen molar-refractivity contribution in [2.45, 2.75) is 19.4 Å². The van der Waals surface area contributed by atoms with E-state index in [1.54, 1.807) is 0 Å². The fourth-order valence-electron chi connectivity index (χ4n) is 2.05. The second-order valence-corrected chi connectivity index (χ2v) is 4.95. The van der Waals surface area contributed by atoms with Crippen LogP contribution in [0.15, 0.2) is 12.3 Å². The lowest BCUT2D eigenvalue weighted by Gasteiger charge is -2.07. The van der Waals surface area contributed by atoms with Gasteiger partial charge in [-0.25, -0.2) is 17.6 Å². The summed E-state index contributed by atoms with van der Waals surface area (Å²) in [6.07, 6.45) is -4.78. The second-order valence-electron chi connectivity index (χ2n) is 4.95. The molecule has 0 saturated heterocycles. The molecule has 2 N–H and O–H groups in total. The van der Waals surface area contributed by atoms with Gasteiger partial charge in [0.15, 0.2) is 5.69 Å². The van der Waals surface area contributed by atoms with E-state index in [-0.39, 0.29) is 11.4 Å². The minimum Gasteiger partial charge on any atom is -0.354 e. The Morgan fingerprint density at radius 2 is 1.88 bits per heavy atom. The normalized spacial score (nSPS) is 11.2. The van der Waals surface area contributed by atoms with Crippen LogP contribution in [0.3, 0.4) is 0 Å². The van der Waals surface area contributed by atoms with Gasteiger partial charge >= 0.3 is 0 Å². The van der Waals surface area contributed by atoms with E-state index < -0.39 is 42.6 Å². The van der Waals surface area contributed by atoms with Crippen LogP contribution in [0.5, 0.6) is 0 Å². The van der Waals surface area contributed by atoms with Gasteiger partial charge in [-0.3, -0.25) is 19.0 Å². The van der Waals surface area contributed by atoms with Gasteiger partial charge in [-0.2, -0.15) is 10.2 Å². The van der Waals surface area contributed by atoms with E-state index in [0.717, 1.165) is 0 Å². The van der Waals surface area contributed by atoms with Crippen LogP contribution in [-0.2, 0) is 18.4 Å². The van der Waals surface area contributed by atoms with Crippen molar-refractivity contribution in [3.8, 4) is 0 Å². The monoisotopic (exact) mass is 362 g/mol. The maximum atomic E-state index is 12.9. The molecule has 2 aromatic heterocycles. The summed E-state index contributed by atoms with van der Waals surface area (Å²) >= 11 is 0. The lowest BCUT2D eigenvalue weighted by molar-refractivity contribution is -0.117. The zero-order valence-electron chi connectivity index (χ0n) is 13.1. The van der Waals surface area contributed by atoms with Crippen molar-refractivity contribution in [2.75, 3.05) is 12.4 Å². The summed E-state index contributed by atoms with van der Waals surface area (Å²) in [6.45, 7) is -0.728. The Labute approximate surface area is 138 Å². The van der Waals surface area contributed by atoms with Crippen molar-refractivity contribution in [3.63, 3.8) is 0 Å². The molecule has 0 aromatic carbocycles. The van der Waals surface area contributed by atoms with Crippen molar-refractivity contribution < 1.29 is 27.2 Å². The fraction of sp³-hybridized carbons (Fsp3) is 0.385. The van der Waals surface area contributed by atoms with Crippen LogP contribution in [0.25, 0.3) is 0 Å². The predicted octanol–water partition coefficient (Wildman–Crippen LogP) is 1.49. The van der Waals surface area contributed by atoms with Crippen LogP contribution < -0.4 is 10.6 Å². The second kappa shape index (κ2) is 7.32. The minimum atomic E-state index is -3.08. The SMILES string of the molecule is CNC(=O)c1nn(C)cc1NC(=O)Cn1nc(C(F)F)cc1C(F)F. The Hall–Kier alpha value is -2.92. The number of nitrogens with one attached hydrogen (secondary N) is 2. The van der Waals surface area contributed by atoms with E-state index in [2.05, 4.69) is 20.8 Å². The van der Waals surface area contributed by atoms with E-state index in [4.69, 9.17) is 0 Å². The van der Waals surface area contributed by atoms with Gasteiger partial charge < -0.3 is 10.6 Å². The van der Waals surface area contributed by atoms with E-state index in [9.17, 15) is 27.2 Å². The van der Waals surface area contributed by atoms with Gasteiger partial charge in [-0.15, -0.1) is 0 Å². The number of aromatic nitrogens is 4. The van der Waals surface area contributed by atoms with Gasteiger partial charge in [0.25, 0.3) is 18.8 Å². The smallest absolute Gasteiger partial charge is 0.282 e. The quantitative estimate of drug-likeness (QED) is 0.762. The molecule has 0 bridgehead atoms.